The lowest BCUT2D eigenvalue weighted by molar-refractivity contribution is 0.414. The molecule has 0 saturated carbocycles. The summed E-state index contributed by atoms with van der Waals surface area (Å²) in [6.07, 6.45) is 2.19. The van der Waals surface area contributed by atoms with Gasteiger partial charge in [-0.25, -0.2) is 13.6 Å². The van der Waals surface area contributed by atoms with Crippen molar-refractivity contribution in [2.75, 3.05) is 7.11 Å². The van der Waals surface area contributed by atoms with E-state index in [0.717, 1.165) is 27.8 Å². The Labute approximate surface area is 152 Å². The molecule has 2 N–H and O–H groups in total. The molecule has 6 nitrogen and oxygen atoms in total. The number of fused-ring (bicyclic) bond motifs is 1. The van der Waals surface area contributed by atoms with Crippen molar-refractivity contribution in [3.8, 4) is 11.8 Å². The van der Waals surface area contributed by atoms with Gasteiger partial charge in [-0.3, -0.25) is 0 Å². The van der Waals surface area contributed by atoms with Crippen LogP contribution in [0.15, 0.2) is 48.7 Å². The summed E-state index contributed by atoms with van der Waals surface area (Å²) in [4.78, 5) is 0. The molecule has 0 radical (unpaired) electrons. The normalized spacial score (nSPS) is 11.4. The van der Waals surface area contributed by atoms with Gasteiger partial charge in [-0.05, 0) is 41.0 Å². The number of aromatic nitrogens is 1. The zero-order chi connectivity index (χ0) is 18.7. The largest absolute Gasteiger partial charge is 0.497 e. The van der Waals surface area contributed by atoms with Crippen molar-refractivity contribution in [1.82, 2.24) is 4.57 Å². The number of methoxy groups -OCH3 is 1. The molecule has 1 heterocycles. The molecule has 0 unspecified atom stereocenters. The first kappa shape index (κ1) is 18.0. The number of hydrogen-bond donors (Lipinski definition) is 1. The van der Waals surface area contributed by atoms with Gasteiger partial charge >= 0.3 is 0 Å². The Morgan fingerprint density at radius 2 is 2.00 bits per heavy atom. The molecule has 134 valence electrons. The average Bonchev–Trinajstić information content (AvgIpc) is 2.91. The summed E-state index contributed by atoms with van der Waals surface area (Å²) in [5.41, 5.74) is 3.48. The maximum Gasteiger partial charge on any atom is 0.213 e. The van der Waals surface area contributed by atoms with Gasteiger partial charge in [-0.2, -0.15) is 5.26 Å². The number of nitrogens with two attached hydrogens (primary N) is 1. The highest BCUT2D eigenvalue weighted by Gasteiger charge is 2.12. The van der Waals surface area contributed by atoms with Crippen molar-refractivity contribution < 1.29 is 13.2 Å². The maximum atomic E-state index is 11.4. The summed E-state index contributed by atoms with van der Waals surface area (Å²) in [7, 11) is -1.98. The number of ether oxygens (including phenoxy) is 1. The molecule has 0 spiro atoms. The van der Waals surface area contributed by atoms with Gasteiger partial charge in [0.15, 0.2) is 0 Å². The third-order valence-electron chi connectivity index (χ3n) is 4.15. The molecule has 1 aromatic heterocycles. The van der Waals surface area contributed by atoms with E-state index in [2.05, 4.69) is 10.6 Å². The van der Waals surface area contributed by atoms with Gasteiger partial charge in [0, 0.05) is 23.6 Å². The quantitative estimate of drug-likeness (QED) is 0.722. The highest BCUT2D eigenvalue weighted by Crippen LogP contribution is 2.25. The van der Waals surface area contributed by atoms with Crippen molar-refractivity contribution >= 4 is 20.9 Å². The van der Waals surface area contributed by atoms with Gasteiger partial charge in [0.25, 0.3) is 0 Å². The SMILES string of the molecule is COc1cccc(Cn2cc(CC#N)c3cc(CS(N)(=O)=O)ccc32)c1. The second-order valence-electron chi connectivity index (χ2n) is 6.13. The van der Waals surface area contributed by atoms with E-state index in [0.29, 0.717) is 12.1 Å². The molecular formula is C19H19N3O3S. The second-order valence-corrected chi connectivity index (χ2v) is 7.74. The van der Waals surface area contributed by atoms with E-state index in [1.807, 2.05) is 36.5 Å². The number of sulfonamides is 1. The summed E-state index contributed by atoms with van der Waals surface area (Å²) < 4.78 is 30.0. The van der Waals surface area contributed by atoms with Crippen LogP contribution in [0.1, 0.15) is 16.7 Å². The second kappa shape index (κ2) is 7.20. The van der Waals surface area contributed by atoms with Crippen LogP contribution in [0.25, 0.3) is 10.9 Å². The third kappa shape index (κ3) is 4.04. The van der Waals surface area contributed by atoms with Crippen LogP contribution in [-0.4, -0.2) is 20.1 Å². The van der Waals surface area contributed by atoms with Gasteiger partial charge in [0.1, 0.15) is 5.75 Å². The van der Waals surface area contributed by atoms with Crippen molar-refractivity contribution in [1.29, 1.82) is 5.26 Å². The Morgan fingerprint density at radius 3 is 2.69 bits per heavy atom. The molecule has 0 bridgehead atoms. The van der Waals surface area contributed by atoms with Crippen LogP contribution < -0.4 is 9.88 Å². The van der Waals surface area contributed by atoms with Crippen LogP contribution in [0, 0.1) is 11.3 Å². The standard InChI is InChI=1S/C19H19N3O3S/c1-25-17-4-2-3-14(9-17)11-22-12-16(7-8-20)18-10-15(5-6-19(18)22)13-26(21,23)24/h2-6,9-10,12H,7,11,13H2,1H3,(H2,21,23,24). The van der Waals surface area contributed by atoms with E-state index in [1.165, 1.54) is 0 Å². The predicted molar refractivity (Wildman–Crippen MR) is 100 cm³/mol. The smallest absolute Gasteiger partial charge is 0.213 e. The fourth-order valence-electron chi connectivity index (χ4n) is 3.06. The first-order valence-corrected chi connectivity index (χ1v) is 9.72. The minimum atomic E-state index is -3.61. The summed E-state index contributed by atoms with van der Waals surface area (Å²) in [6, 6.07) is 15.4. The molecule has 0 amide bonds. The van der Waals surface area contributed by atoms with E-state index in [1.54, 1.807) is 19.2 Å². The average molecular weight is 369 g/mol. The number of nitrogens with zero attached hydrogens (tertiary/aromatic N) is 2. The van der Waals surface area contributed by atoms with Gasteiger partial charge in [0.2, 0.25) is 10.0 Å². The van der Waals surface area contributed by atoms with Crippen LogP contribution >= 0.6 is 0 Å². The van der Waals surface area contributed by atoms with E-state index < -0.39 is 10.0 Å². The molecule has 26 heavy (non-hydrogen) atoms. The molecule has 0 fully saturated rings. The van der Waals surface area contributed by atoms with E-state index in [9.17, 15) is 8.42 Å². The molecule has 0 aliphatic rings. The topological polar surface area (TPSA) is 98.1 Å². The first-order chi connectivity index (χ1) is 12.4. The Hall–Kier alpha value is -2.82. The van der Waals surface area contributed by atoms with E-state index in [-0.39, 0.29) is 12.2 Å². The number of rotatable bonds is 6. The van der Waals surface area contributed by atoms with Gasteiger partial charge < -0.3 is 9.30 Å². The molecule has 0 atom stereocenters. The molecule has 0 aliphatic carbocycles. The van der Waals surface area contributed by atoms with Crippen molar-refractivity contribution in [2.24, 2.45) is 5.14 Å². The lowest BCUT2D eigenvalue weighted by atomic mass is 10.1. The molecule has 0 aliphatic heterocycles. The monoisotopic (exact) mass is 369 g/mol. The van der Waals surface area contributed by atoms with Crippen molar-refractivity contribution in [3.05, 3.63) is 65.4 Å². The molecule has 7 heteroatoms. The molecule has 3 rings (SSSR count). The molecule has 3 aromatic rings. The van der Waals surface area contributed by atoms with Gasteiger partial charge in [-0.15, -0.1) is 0 Å². The van der Waals surface area contributed by atoms with Gasteiger partial charge in [-0.1, -0.05) is 18.2 Å². The van der Waals surface area contributed by atoms with Crippen LogP contribution in [0.2, 0.25) is 0 Å². The Morgan fingerprint density at radius 1 is 1.19 bits per heavy atom. The highest BCUT2D eigenvalue weighted by molar-refractivity contribution is 7.88. The minimum absolute atomic E-state index is 0.226. The van der Waals surface area contributed by atoms with E-state index in [4.69, 9.17) is 15.1 Å². The highest BCUT2D eigenvalue weighted by atomic mass is 32.2. The number of nitriles is 1. The summed E-state index contributed by atoms with van der Waals surface area (Å²) in [5, 5.41) is 15.1. The lowest BCUT2D eigenvalue weighted by Crippen LogP contribution is -2.14. The minimum Gasteiger partial charge on any atom is -0.497 e. The summed E-state index contributed by atoms with van der Waals surface area (Å²) in [5.74, 6) is 0.558. The Bertz CT molecular complexity index is 1090. The molecule has 2 aromatic carbocycles. The van der Waals surface area contributed by atoms with Crippen LogP contribution in [0.4, 0.5) is 0 Å². The Balaban J connectivity index is 2.04. The number of primary sulfonamides is 1. The zero-order valence-electron chi connectivity index (χ0n) is 14.3. The summed E-state index contributed by atoms with van der Waals surface area (Å²) in [6.45, 7) is 0.619. The van der Waals surface area contributed by atoms with Crippen molar-refractivity contribution in [2.45, 2.75) is 18.7 Å². The predicted octanol–water partition coefficient (Wildman–Crippen LogP) is 2.55. The lowest BCUT2D eigenvalue weighted by Gasteiger charge is -2.08. The van der Waals surface area contributed by atoms with Gasteiger partial charge in [0.05, 0.1) is 25.4 Å². The Kier molecular flexibility index (Phi) is 4.98. The van der Waals surface area contributed by atoms with Crippen LogP contribution in [0.3, 0.4) is 0 Å². The first-order valence-electron chi connectivity index (χ1n) is 8.00. The molecule has 0 saturated heterocycles. The summed E-state index contributed by atoms with van der Waals surface area (Å²) >= 11 is 0. The molecular weight excluding hydrogens is 350 g/mol. The van der Waals surface area contributed by atoms with Crippen LogP contribution in [0.5, 0.6) is 5.75 Å². The zero-order valence-corrected chi connectivity index (χ0v) is 15.2. The fourth-order valence-corrected chi connectivity index (χ4v) is 3.71. The van der Waals surface area contributed by atoms with Crippen LogP contribution in [-0.2, 0) is 28.7 Å². The van der Waals surface area contributed by atoms with Crippen molar-refractivity contribution in [3.63, 3.8) is 0 Å². The fraction of sp³-hybridized carbons (Fsp3) is 0.211. The third-order valence-corrected chi connectivity index (χ3v) is 4.89. The number of hydrogen-bond acceptors (Lipinski definition) is 4. The number of benzene rings is 2. The maximum absolute atomic E-state index is 11.4. The van der Waals surface area contributed by atoms with E-state index >= 15 is 0 Å².